The Balaban J connectivity index is 2.24. The van der Waals surface area contributed by atoms with Gasteiger partial charge < -0.3 is 10.4 Å². The van der Waals surface area contributed by atoms with Crippen molar-refractivity contribution in [3.05, 3.63) is 53.1 Å². The molecule has 0 atom stereocenters. The predicted octanol–water partition coefficient (Wildman–Crippen LogP) is 2.83. The van der Waals surface area contributed by atoms with Crippen molar-refractivity contribution in [2.24, 2.45) is 0 Å². The van der Waals surface area contributed by atoms with Gasteiger partial charge in [-0.2, -0.15) is 0 Å². The summed E-state index contributed by atoms with van der Waals surface area (Å²) in [4.78, 5) is 15.3. The van der Waals surface area contributed by atoms with E-state index in [-0.39, 0.29) is 17.0 Å². The summed E-state index contributed by atoms with van der Waals surface area (Å²) in [6.45, 7) is 0. The molecule has 0 aliphatic carbocycles. The minimum absolute atomic E-state index is 0.153. The Morgan fingerprint density at radius 1 is 1.39 bits per heavy atom. The molecule has 1 amide bonds. The molecule has 4 nitrogen and oxygen atoms in total. The van der Waals surface area contributed by atoms with Crippen LogP contribution in [-0.4, -0.2) is 16.0 Å². The molecule has 1 aromatic heterocycles. The van der Waals surface area contributed by atoms with E-state index < -0.39 is 11.7 Å². The van der Waals surface area contributed by atoms with Gasteiger partial charge in [-0.1, -0.05) is 11.6 Å². The largest absolute Gasteiger partial charge is 0.506 e. The number of aromatic hydroxyl groups is 1. The lowest BCUT2D eigenvalue weighted by Gasteiger charge is -2.07. The molecule has 92 valence electrons. The normalized spacial score (nSPS) is 10.1. The summed E-state index contributed by atoms with van der Waals surface area (Å²) in [7, 11) is 0. The van der Waals surface area contributed by atoms with Crippen LogP contribution in [0.5, 0.6) is 5.75 Å². The quantitative estimate of drug-likeness (QED) is 0.822. The van der Waals surface area contributed by atoms with Gasteiger partial charge in [-0.25, -0.2) is 4.39 Å². The number of carbonyl (C=O) groups excluding carboxylic acids is 1. The minimum Gasteiger partial charge on any atom is -0.506 e. The predicted molar refractivity (Wildman–Crippen MR) is 65.3 cm³/mol. The number of pyridine rings is 1. The molecule has 0 fully saturated rings. The van der Waals surface area contributed by atoms with Gasteiger partial charge in [0.2, 0.25) is 0 Å². The van der Waals surface area contributed by atoms with Crippen LogP contribution in [0.3, 0.4) is 0 Å². The second-order valence-electron chi connectivity index (χ2n) is 3.47. The Morgan fingerprint density at radius 3 is 2.83 bits per heavy atom. The van der Waals surface area contributed by atoms with Gasteiger partial charge in [0.25, 0.3) is 5.91 Å². The van der Waals surface area contributed by atoms with Gasteiger partial charge in [0.15, 0.2) is 5.82 Å². The number of nitrogens with zero attached hydrogens (tertiary/aromatic N) is 1. The number of anilines is 1. The van der Waals surface area contributed by atoms with E-state index in [1.807, 2.05) is 0 Å². The molecular formula is C12H8ClFN2O2. The third-order valence-electron chi connectivity index (χ3n) is 2.23. The Bertz CT molecular complexity index is 604. The van der Waals surface area contributed by atoms with Crippen LogP contribution in [0.1, 0.15) is 10.4 Å². The van der Waals surface area contributed by atoms with Crippen LogP contribution >= 0.6 is 11.6 Å². The van der Waals surface area contributed by atoms with Crippen LogP contribution < -0.4 is 5.32 Å². The fourth-order valence-corrected chi connectivity index (χ4v) is 1.53. The summed E-state index contributed by atoms with van der Waals surface area (Å²) in [5.74, 6) is -1.60. The first-order valence-corrected chi connectivity index (χ1v) is 5.35. The molecule has 0 spiro atoms. The molecule has 0 aliphatic rings. The molecule has 1 aromatic carbocycles. The lowest BCUT2D eigenvalue weighted by molar-refractivity contribution is 0.102. The molecule has 2 rings (SSSR count). The molecule has 0 bridgehead atoms. The van der Waals surface area contributed by atoms with Crippen LogP contribution in [-0.2, 0) is 0 Å². The van der Waals surface area contributed by atoms with Crippen molar-refractivity contribution in [1.82, 2.24) is 4.98 Å². The SMILES string of the molecule is O=C(Nc1ccc(Cl)cc1O)c1ccncc1F. The van der Waals surface area contributed by atoms with Crippen LogP contribution in [0, 0.1) is 5.82 Å². The number of carbonyl (C=O) groups is 1. The molecule has 18 heavy (non-hydrogen) atoms. The Morgan fingerprint density at radius 2 is 2.17 bits per heavy atom. The van der Waals surface area contributed by atoms with E-state index in [9.17, 15) is 14.3 Å². The van der Waals surface area contributed by atoms with Gasteiger partial charge in [0, 0.05) is 17.3 Å². The number of benzene rings is 1. The number of aromatic nitrogens is 1. The lowest BCUT2D eigenvalue weighted by Crippen LogP contribution is -2.13. The second-order valence-corrected chi connectivity index (χ2v) is 3.91. The highest BCUT2D eigenvalue weighted by Crippen LogP contribution is 2.27. The molecule has 2 N–H and O–H groups in total. The summed E-state index contributed by atoms with van der Waals surface area (Å²) >= 11 is 5.65. The summed E-state index contributed by atoms with van der Waals surface area (Å²) in [5.41, 5.74) is -0.0000350. The van der Waals surface area contributed by atoms with E-state index in [0.717, 1.165) is 6.20 Å². The van der Waals surface area contributed by atoms with Crippen molar-refractivity contribution in [2.75, 3.05) is 5.32 Å². The molecule has 0 radical (unpaired) electrons. The second kappa shape index (κ2) is 5.01. The third-order valence-corrected chi connectivity index (χ3v) is 2.46. The highest BCUT2D eigenvalue weighted by molar-refractivity contribution is 6.30. The number of phenolic OH excluding ortho intramolecular Hbond substituents is 1. The van der Waals surface area contributed by atoms with Crippen molar-refractivity contribution in [3.63, 3.8) is 0 Å². The van der Waals surface area contributed by atoms with Crippen molar-refractivity contribution in [3.8, 4) is 5.75 Å². The zero-order chi connectivity index (χ0) is 13.1. The van der Waals surface area contributed by atoms with Crippen LogP contribution in [0.2, 0.25) is 5.02 Å². The first kappa shape index (κ1) is 12.3. The summed E-state index contributed by atoms with van der Waals surface area (Å²) < 4.78 is 13.3. The van der Waals surface area contributed by atoms with E-state index in [1.165, 1.54) is 30.5 Å². The number of nitrogens with one attached hydrogen (secondary N) is 1. The summed E-state index contributed by atoms with van der Waals surface area (Å²) in [5, 5.41) is 12.3. The monoisotopic (exact) mass is 266 g/mol. The lowest BCUT2D eigenvalue weighted by atomic mass is 10.2. The molecule has 6 heteroatoms. The average Bonchev–Trinajstić information content (AvgIpc) is 2.33. The van der Waals surface area contributed by atoms with Crippen molar-refractivity contribution in [2.45, 2.75) is 0 Å². The Labute approximate surface area is 107 Å². The van der Waals surface area contributed by atoms with E-state index >= 15 is 0 Å². The minimum atomic E-state index is -0.733. The zero-order valence-electron chi connectivity index (χ0n) is 9.02. The number of phenols is 1. The van der Waals surface area contributed by atoms with Crippen molar-refractivity contribution < 1.29 is 14.3 Å². The van der Waals surface area contributed by atoms with Crippen molar-refractivity contribution >= 4 is 23.2 Å². The summed E-state index contributed by atoms with van der Waals surface area (Å²) in [6.07, 6.45) is 2.25. The van der Waals surface area contributed by atoms with Gasteiger partial charge in [0.05, 0.1) is 17.4 Å². The number of amides is 1. The van der Waals surface area contributed by atoms with Gasteiger partial charge in [-0.05, 0) is 18.2 Å². The van der Waals surface area contributed by atoms with Gasteiger partial charge in [-0.3, -0.25) is 9.78 Å². The molecular weight excluding hydrogens is 259 g/mol. The fourth-order valence-electron chi connectivity index (χ4n) is 1.36. The number of halogens is 2. The molecule has 0 saturated heterocycles. The average molecular weight is 267 g/mol. The topological polar surface area (TPSA) is 62.2 Å². The highest BCUT2D eigenvalue weighted by atomic mass is 35.5. The van der Waals surface area contributed by atoms with Crippen LogP contribution in [0.15, 0.2) is 36.7 Å². The molecule has 0 saturated carbocycles. The maximum atomic E-state index is 13.3. The van der Waals surface area contributed by atoms with Crippen LogP contribution in [0.25, 0.3) is 0 Å². The fraction of sp³-hybridized carbons (Fsp3) is 0. The van der Waals surface area contributed by atoms with Gasteiger partial charge in [0.1, 0.15) is 5.75 Å². The van der Waals surface area contributed by atoms with Gasteiger partial charge >= 0.3 is 0 Å². The van der Waals surface area contributed by atoms with E-state index in [1.54, 1.807) is 0 Å². The van der Waals surface area contributed by atoms with Crippen LogP contribution in [0.4, 0.5) is 10.1 Å². The Hall–Kier alpha value is -2.14. The maximum absolute atomic E-state index is 13.3. The first-order chi connectivity index (χ1) is 8.58. The smallest absolute Gasteiger partial charge is 0.258 e. The Kier molecular flexibility index (Phi) is 3.43. The standard InChI is InChI=1S/C12H8ClFN2O2/c13-7-1-2-10(11(17)5-7)16-12(18)8-3-4-15-6-9(8)14/h1-6,17H,(H,16,18). The highest BCUT2D eigenvalue weighted by Gasteiger charge is 2.13. The zero-order valence-corrected chi connectivity index (χ0v) is 9.78. The third kappa shape index (κ3) is 2.57. The number of rotatable bonds is 2. The van der Waals surface area contributed by atoms with E-state index in [4.69, 9.17) is 11.6 Å². The first-order valence-electron chi connectivity index (χ1n) is 4.97. The summed E-state index contributed by atoms with van der Waals surface area (Å²) in [6, 6.07) is 5.45. The van der Waals surface area contributed by atoms with E-state index in [0.29, 0.717) is 5.02 Å². The number of hydrogen-bond acceptors (Lipinski definition) is 3. The maximum Gasteiger partial charge on any atom is 0.258 e. The molecule has 2 aromatic rings. The van der Waals surface area contributed by atoms with E-state index in [2.05, 4.69) is 10.3 Å². The van der Waals surface area contributed by atoms with Gasteiger partial charge in [-0.15, -0.1) is 0 Å². The molecule has 1 heterocycles. The molecule has 0 aliphatic heterocycles. The number of hydrogen-bond donors (Lipinski definition) is 2. The molecule has 0 unspecified atom stereocenters. The van der Waals surface area contributed by atoms with Crippen molar-refractivity contribution in [1.29, 1.82) is 0 Å².